The van der Waals surface area contributed by atoms with E-state index in [4.69, 9.17) is 5.11 Å². The molecule has 19 heavy (non-hydrogen) atoms. The molecular formula is C15H12F2O2. The van der Waals surface area contributed by atoms with E-state index in [1.165, 1.54) is 24.3 Å². The highest BCUT2D eigenvalue weighted by Crippen LogP contribution is 2.29. The maximum atomic E-state index is 13.7. The van der Waals surface area contributed by atoms with E-state index in [1.807, 2.05) is 0 Å². The normalized spacial score (nSPS) is 10.5. The molecule has 0 saturated heterocycles. The molecule has 2 rings (SSSR count). The van der Waals surface area contributed by atoms with Crippen molar-refractivity contribution in [3.63, 3.8) is 0 Å². The third-order valence-electron chi connectivity index (χ3n) is 2.99. The minimum atomic E-state index is -1.31. The Morgan fingerprint density at radius 1 is 1.05 bits per heavy atom. The summed E-state index contributed by atoms with van der Waals surface area (Å²) in [6.07, 6.45) is 0. The molecule has 0 aromatic heterocycles. The second kappa shape index (κ2) is 4.80. The van der Waals surface area contributed by atoms with Gasteiger partial charge >= 0.3 is 5.97 Å². The van der Waals surface area contributed by atoms with Gasteiger partial charge in [-0.05, 0) is 60.4 Å². The molecule has 0 bridgehead atoms. The van der Waals surface area contributed by atoms with E-state index in [0.29, 0.717) is 16.7 Å². The second-order valence-electron chi connectivity index (χ2n) is 4.41. The standard InChI is InChI=1S/C15H12F2O2/c1-8-5-11(16)6-9(2)14(8)10-3-4-12(15(18)19)13(17)7-10/h3-7H,1-2H3,(H,18,19). The summed E-state index contributed by atoms with van der Waals surface area (Å²) in [5.41, 5.74) is 2.25. The van der Waals surface area contributed by atoms with Crippen molar-refractivity contribution < 1.29 is 18.7 Å². The van der Waals surface area contributed by atoms with E-state index in [2.05, 4.69) is 0 Å². The van der Waals surface area contributed by atoms with E-state index in [1.54, 1.807) is 13.8 Å². The summed E-state index contributed by atoms with van der Waals surface area (Å²) < 4.78 is 26.9. The zero-order chi connectivity index (χ0) is 14.2. The Morgan fingerprint density at radius 2 is 1.63 bits per heavy atom. The predicted molar refractivity (Wildman–Crippen MR) is 68.2 cm³/mol. The summed E-state index contributed by atoms with van der Waals surface area (Å²) in [5, 5.41) is 8.78. The third-order valence-corrected chi connectivity index (χ3v) is 2.99. The minimum Gasteiger partial charge on any atom is -0.478 e. The average molecular weight is 262 g/mol. The molecule has 0 radical (unpaired) electrons. The Balaban J connectivity index is 2.61. The first kappa shape index (κ1) is 13.2. The van der Waals surface area contributed by atoms with E-state index in [9.17, 15) is 13.6 Å². The molecule has 0 saturated carbocycles. The number of hydrogen-bond acceptors (Lipinski definition) is 1. The van der Waals surface area contributed by atoms with Crippen molar-refractivity contribution in [3.05, 3.63) is 58.7 Å². The Bertz CT molecular complexity index is 640. The van der Waals surface area contributed by atoms with Crippen molar-refractivity contribution >= 4 is 5.97 Å². The van der Waals surface area contributed by atoms with E-state index in [-0.39, 0.29) is 11.4 Å². The molecule has 2 aromatic carbocycles. The van der Waals surface area contributed by atoms with Gasteiger partial charge in [0.25, 0.3) is 0 Å². The molecule has 0 unspecified atom stereocenters. The van der Waals surface area contributed by atoms with Crippen molar-refractivity contribution in [1.82, 2.24) is 0 Å². The van der Waals surface area contributed by atoms with E-state index < -0.39 is 11.8 Å². The lowest BCUT2D eigenvalue weighted by atomic mass is 9.95. The van der Waals surface area contributed by atoms with Crippen LogP contribution in [0.3, 0.4) is 0 Å². The van der Waals surface area contributed by atoms with Gasteiger partial charge in [0.1, 0.15) is 11.6 Å². The largest absolute Gasteiger partial charge is 0.478 e. The van der Waals surface area contributed by atoms with Crippen LogP contribution in [0.1, 0.15) is 21.5 Å². The monoisotopic (exact) mass is 262 g/mol. The maximum absolute atomic E-state index is 13.7. The summed E-state index contributed by atoms with van der Waals surface area (Å²) in [4.78, 5) is 10.8. The molecule has 0 spiro atoms. The number of rotatable bonds is 2. The second-order valence-corrected chi connectivity index (χ2v) is 4.41. The number of carbonyl (C=O) groups is 1. The Morgan fingerprint density at radius 3 is 2.11 bits per heavy atom. The van der Waals surface area contributed by atoms with Gasteiger partial charge in [-0.15, -0.1) is 0 Å². The summed E-state index contributed by atoms with van der Waals surface area (Å²) in [5.74, 6) is -2.45. The molecule has 2 aromatic rings. The van der Waals surface area contributed by atoms with Crippen LogP contribution < -0.4 is 0 Å². The van der Waals surface area contributed by atoms with Gasteiger partial charge in [-0.1, -0.05) is 6.07 Å². The Labute approximate surface area is 109 Å². The SMILES string of the molecule is Cc1cc(F)cc(C)c1-c1ccc(C(=O)O)c(F)c1. The van der Waals surface area contributed by atoms with Crippen LogP contribution in [-0.4, -0.2) is 11.1 Å². The molecule has 0 aliphatic rings. The van der Waals surface area contributed by atoms with Gasteiger partial charge in [0.05, 0.1) is 5.56 Å². The quantitative estimate of drug-likeness (QED) is 0.889. The Hall–Kier alpha value is -2.23. The predicted octanol–water partition coefficient (Wildman–Crippen LogP) is 3.95. The number of aryl methyl sites for hydroxylation is 2. The van der Waals surface area contributed by atoms with E-state index >= 15 is 0 Å². The smallest absolute Gasteiger partial charge is 0.338 e. The highest BCUT2D eigenvalue weighted by molar-refractivity contribution is 5.89. The van der Waals surface area contributed by atoms with Crippen molar-refractivity contribution in [2.75, 3.05) is 0 Å². The molecule has 0 atom stereocenters. The number of aromatic carboxylic acids is 1. The average Bonchev–Trinajstić information content (AvgIpc) is 2.26. The van der Waals surface area contributed by atoms with Crippen molar-refractivity contribution in [3.8, 4) is 11.1 Å². The minimum absolute atomic E-state index is 0.346. The summed E-state index contributed by atoms with van der Waals surface area (Å²) >= 11 is 0. The zero-order valence-corrected chi connectivity index (χ0v) is 10.5. The summed E-state index contributed by atoms with van der Waals surface area (Å²) in [6, 6.07) is 6.64. The van der Waals surface area contributed by atoms with Gasteiger partial charge in [0.2, 0.25) is 0 Å². The van der Waals surface area contributed by atoms with E-state index in [0.717, 1.165) is 11.6 Å². The van der Waals surface area contributed by atoms with Crippen molar-refractivity contribution in [1.29, 1.82) is 0 Å². The maximum Gasteiger partial charge on any atom is 0.338 e. The zero-order valence-electron chi connectivity index (χ0n) is 10.5. The van der Waals surface area contributed by atoms with Crippen LogP contribution in [0, 0.1) is 25.5 Å². The van der Waals surface area contributed by atoms with Crippen LogP contribution in [0.25, 0.3) is 11.1 Å². The third kappa shape index (κ3) is 2.47. The fourth-order valence-corrected chi connectivity index (χ4v) is 2.21. The van der Waals surface area contributed by atoms with Crippen LogP contribution >= 0.6 is 0 Å². The number of benzene rings is 2. The summed E-state index contributed by atoms with van der Waals surface area (Å²) in [7, 11) is 0. The first-order chi connectivity index (χ1) is 8.90. The topological polar surface area (TPSA) is 37.3 Å². The van der Waals surface area contributed by atoms with Crippen LogP contribution in [-0.2, 0) is 0 Å². The van der Waals surface area contributed by atoms with Gasteiger partial charge in [0.15, 0.2) is 0 Å². The first-order valence-electron chi connectivity index (χ1n) is 5.70. The number of hydrogen-bond donors (Lipinski definition) is 1. The van der Waals surface area contributed by atoms with Crippen LogP contribution in [0.4, 0.5) is 8.78 Å². The molecule has 1 N–H and O–H groups in total. The highest BCUT2D eigenvalue weighted by Gasteiger charge is 2.13. The van der Waals surface area contributed by atoms with Crippen LogP contribution in [0.15, 0.2) is 30.3 Å². The van der Waals surface area contributed by atoms with Gasteiger partial charge < -0.3 is 5.11 Å². The summed E-state index contributed by atoms with van der Waals surface area (Å²) in [6.45, 7) is 3.46. The first-order valence-corrected chi connectivity index (χ1v) is 5.70. The number of halogens is 2. The molecule has 4 heteroatoms. The lowest BCUT2D eigenvalue weighted by Crippen LogP contribution is -2.01. The van der Waals surface area contributed by atoms with Crippen LogP contribution in [0.2, 0.25) is 0 Å². The van der Waals surface area contributed by atoms with Crippen LogP contribution in [0.5, 0.6) is 0 Å². The molecule has 2 nitrogen and oxygen atoms in total. The molecule has 0 aliphatic carbocycles. The van der Waals surface area contributed by atoms with Gasteiger partial charge in [-0.2, -0.15) is 0 Å². The van der Waals surface area contributed by atoms with Gasteiger partial charge in [-0.3, -0.25) is 0 Å². The molecular weight excluding hydrogens is 250 g/mol. The number of carboxylic acids is 1. The number of carboxylic acid groups (broad SMARTS) is 1. The fourth-order valence-electron chi connectivity index (χ4n) is 2.21. The fraction of sp³-hybridized carbons (Fsp3) is 0.133. The van der Waals surface area contributed by atoms with Gasteiger partial charge in [0, 0.05) is 0 Å². The lowest BCUT2D eigenvalue weighted by molar-refractivity contribution is 0.0692. The molecule has 0 amide bonds. The highest BCUT2D eigenvalue weighted by atomic mass is 19.1. The molecule has 98 valence electrons. The lowest BCUT2D eigenvalue weighted by Gasteiger charge is -2.11. The van der Waals surface area contributed by atoms with Gasteiger partial charge in [-0.25, -0.2) is 13.6 Å². The molecule has 0 heterocycles. The van der Waals surface area contributed by atoms with Crippen molar-refractivity contribution in [2.45, 2.75) is 13.8 Å². The molecule has 0 aliphatic heterocycles. The molecule has 0 fully saturated rings. The Kier molecular flexibility index (Phi) is 3.34. The van der Waals surface area contributed by atoms with Crippen molar-refractivity contribution in [2.24, 2.45) is 0 Å².